The summed E-state index contributed by atoms with van der Waals surface area (Å²) in [6.07, 6.45) is 1.13. The van der Waals surface area contributed by atoms with Gasteiger partial charge in [-0.25, -0.2) is 4.39 Å². The maximum absolute atomic E-state index is 13.6. The van der Waals surface area contributed by atoms with E-state index < -0.39 is 0 Å². The zero-order valence-corrected chi connectivity index (χ0v) is 15.6. The van der Waals surface area contributed by atoms with Crippen molar-refractivity contribution in [2.75, 3.05) is 19.4 Å². The Morgan fingerprint density at radius 3 is 2.68 bits per heavy atom. The van der Waals surface area contributed by atoms with Gasteiger partial charge < -0.3 is 10.1 Å². The topological polar surface area (TPSA) is 38.3 Å². The zero-order chi connectivity index (χ0) is 18.1. The first-order chi connectivity index (χ1) is 12.1. The Morgan fingerprint density at radius 1 is 1.24 bits per heavy atom. The van der Waals surface area contributed by atoms with Gasteiger partial charge in [0.2, 0.25) is 5.91 Å². The summed E-state index contributed by atoms with van der Waals surface area (Å²) in [6, 6.07) is 12.4. The second-order valence-corrected chi connectivity index (χ2v) is 6.96. The Bertz CT molecular complexity index is 674. The molecule has 0 aliphatic rings. The average Bonchev–Trinajstić information content (AvgIpc) is 2.62. The number of halogens is 2. The van der Waals surface area contributed by atoms with Gasteiger partial charge in [-0.2, -0.15) is 11.8 Å². The molecule has 25 heavy (non-hydrogen) atoms. The van der Waals surface area contributed by atoms with Crippen LogP contribution < -0.4 is 10.1 Å². The fraction of sp³-hybridized carbons (Fsp3) is 0.316. The highest BCUT2D eigenvalue weighted by atomic mass is 35.5. The number of rotatable bonds is 9. The number of hydrogen-bond donors (Lipinski definition) is 1. The number of thioether (sulfide) groups is 1. The lowest BCUT2D eigenvalue weighted by molar-refractivity contribution is -0.120. The zero-order valence-electron chi connectivity index (χ0n) is 14.1. The number of carbonyl (C=O) groups excluding carboxylic acids is 1. The third-order valence-corrected chi connectivity index (χ3v) is 5.02. The number of aryl methyl sites for hydroxylation is 1. The predicted molar refractivity (Wildman–Crippen MR) is 102 cm³/mol. The number of amides is 1. The van der Waals surface area contributed by atoms with Crippen molar-refractivity contribution in [3.8, 4) is 5.75 Å². The highest BCUT2D eigenvalue weighted by Crippen LogP contribution is 2.23. The van der Waals surface area contributed by atoms with Crippen molar-refractivity contribution in [2.45, 2.75) is 18.6 Å². The number of ether oxygens (including phenoxy) is 1. The van der Waals surface area contributed by atoms with Crippen LogP contribution in [0.2, 0.25) is 5.02 Å². The summed E-state index contributed by atoms with van der Waals surface area (Å²) < 4.78 is 18.7. The molecule has 3 nitrogen and oxygen atoms in total. The minimum absolute atomic E-state index is 0.0142. The molecule has 0 radical (unpaired) electrons. The molecule has 0 bridgehead atoms. The van der Waals surface area contributed by atoms with E-state index in [0.29, 0.717) is 41.5 Å². The fourth-order valence-corrected chi connectivity index (χ4v) is 3.44. The Morgan fingerprint density at radius 2 is 2.00 bits per heavy atom. The largest absolute Gasteiger partial charge is 0.497 e. The van der Waals surface area contributed by atoms with E-state index in [1.54, 1.807) is 31.0 Å². The fourth-order valence-electron chi connectivity index (χ4n) is 2.25. The van der Waals surface area contributed by atoms with Crippen molar-refractivity contribution >= 4 is 29.3 Å². The van der Waals surface area contributed by atoms with Gasteiger partial charge in [0.1, 0.15) is 11.6 Å². The van der Waals surface area contributed by atoms with Crippen molar-refractivity contribution in [3.63, 3.8) is 0 Å². The highest BCUT2D eigenvalue weighted by molar-refractivity contribution is 7.98. The van der Waals surface area contributed by atoms with Crippen LogP contribution in [0.1, 0.15) is 17.5 Å². The van der Waals surface area contributed by atoms with Crippen LogP contribution in [0.3, 0.4) is 0 Å². The van der Waals surface area contributed by atoms with Gasteiger partial charge in [0.15, 0.2) is 0 Å². The van der Waals surface area contributed by atoms with E-state index >= 15 is 0 Å². The lowest BCUT2D eigenvalue weighted by Gasteiger charge is -2.07. The van der Waals surface area contributed by atoms with E-state index in [-0.39, 0.29) is 11.7 Å². The third kappa shape index (κ3) is 6.59. The maximum atomic E-state index is 13.6. The number of hydrogen-bond acceptors (Lipinski definition) is 3. The minimum atomic E-state index is -0.288. The maximum Gasteiger partial charge on any atom is 0.220 e. The first kappa shape index (κ1) is 19.6. The molecule has 0 unspecified atom stereocenters. The predicted octanol–water partition coefficient (Wildman–Crippen LogP) is 4.47. The van der Waals surface area contributed by atoms with E-state index in [0.717, 1.165) is 11.3 Å². The third-order valence-electron chi connectivity index (χ3n) is 3.68. The van der Waals surface area contributed by atoms with Crippen LogP contribution >= 0.6 is 23.4 Å². The van der Waals surface area contributed by atoms with Crippen LogP contribution in [-0.2, 0) is 17.0 Å². The van der Waals surface area contributed by atoms with Crippen molar-refractivity contribution in [1.82, 2.24) is 5.32 Å². The lowest BCUT2D eigenvalue weighted by Crippen LogP contribution is -2.25. The lowest BCUT2D eigenvalue weighted by atomic mass is 10.1. The summed E-state index contributed by atoms with van der Waals surface area (Å²) in [6.45, 7) is 0.554. The van der Waals surface area contributed by atoms with Crippen molar-refractivity contribution < 1.29 is 13.9 Å². The Kier molecular flexibility index (Phi) is 8.09. The van der Waals surface area contributed by atoms with Crippen LogP contribution in [0, 0.1) is 5.82 Å². The van der Waals surface area contributed by atoms with Crippen molar-refractivity contribution in [1.29, 1.82) is 0 Å². The molecule has 0 saturated heterocycles. The van der Waals surface area contributed by atoms with E-state index in [4.69, 9.17) is 16.3 Å². The molecule has 0 fully saturated rings. The molecule has 0 spiro atoms. The summed E-state index contributed by atoms with van der Waals surface area (Å²) >= 11 is 7.52. The van der Waals surface area contributed by atoms with Crippen LogP contribution in [0.15, 0.2) is 42.5 Å². The molecule has 0 aliphatic heterocycles. The van der Waals surface area contributed by atoms with Gasteiger partial charge in [0.25, 0.3) is 0 Å². The van der Waals surface area contributed by atoms with E-state index in [9.17, 15) is 9.18 Å². The molecular weight excluding hydrogens is 361 g/mol. The number of methoxy groups -OCH3 is 1. The van der Waals surface area contributed by atoms with Crippen molar-refractivity contribution in [3.05, 3.63) is 64.4 Å². The summed E-state index contributed by atoms with van der Waals surface area (Å²) in [4.78, 5) is 11.9. The summed E-state index contributed by atoms with van der Waals surface area (Å²) in [5.74, 6) is 1.73. The van der Waals surface area contributed by atoms with Gasteiger partial charge in [-0.05, 0) is 36.2 Å². The van der Waals surface area contributed by atoms with Crippen LogP contribution in [0.25, 0.3) is 0 Å². The molecule has 0 aromatic heterocycles. The molecular formula is C19H21ClFNO2S. The normalized spacial score (nSPS) is 10.5. The van der Waals surface area contributed by atoms with Gasteiger partial charge in [0.05, 0.1) is 7.11 Å². The van der Waals surface area contributed by atoms with Gasteiger partial charge in [-0.15, -0.1) is 0 Å². The Labute approximate surface area is 156 Å². The molecule has 2 rings (SSSR count). The Balaban J connectivity index is 1.62. The first-order valence-corrected chi connectivity index (χ1v) is 9.53. The molecule has 1 amide bonds. The van der Waals surface area contributed by atoms with Gasteiger partial charge in [-0.3, -0.25) is 4.79 Å². The summed E-state index contributed by atoms with van der Waals surface area (Å²) in [5.41, 5.74) is 1.61. The van der Waals surface area contributed by atoms with Crippen molar-refractivity contribution in [2.24, 2.45) is 0 Å². The summed E-state index contributed by atoms with van der Waals surface area (Å²) in [5, 5.41) is 3.32. The summed E-state index contributed by atoms with van der Waals surface area (Å²) in [7, 11) is 1.63. The average molecular weight is 382 g/mol. The van der Waals surface area contributed by atoms with Crippen LogP contribution in [0.4, 0.5) is 4.39 Å². The molecule has 0 saturated carbocycles. The number of carbonyl (C=O) groups is 1. The van der Waals surface area contributed by atoms with E-state index in [1.165, 1.54) is 6.07 Å². The molecule has 2 aromatic rings. The Hall–Kier alpha value is -1.72. The molecule has 0 heterocycles. The molecule has 134 valence electrons. The smallest absolute Gasteiger partial charge is 0.220 e. The van der Waals surface area contributed by atoms with Gasteiger partial charge in [0, 0.05) is 35.1 Å². The second kappa shape index (κ2) is 10.3. The molecule has 1 N–H and O–H groups in total. The second-order valence-electron chi connectivity index (χ2n) is 5.45. The standard InChI is InChI=1S/C19H21ClFNO2S/c1-24-15-8-5-14(6-9-15)7-10-19(23)22-11-12-25-13-16-17(20)3-2-4-18(16)21/h2-6,8-9H,7,10-13H2,1H3,(H,22,23). The molecule has 0 atom stereocenters. The first-order valence-electron chi connectivity index (χ1n) is 8.00. The number of nitrogens with one attached hydrogen (secondary N) is 1. The van der Waals surface area contributed by atoms with E-state index in [2.05, 4.69) is 5.32 Å². The highest BCUT2D eigenvalue weighted by Gasteiger charge is 2.07. The number of benzene rings is 2. The van der Waals surface area contributed by atoms with Gasteiger partial charge in [-0.1, -0.05) is 29.8 Å². The SMILES string of the molecule is COc1ccc(CCC(=O)NCCSCc2c(F)cccc2Cl)cc1. The van der Waals surface area contributed by atoms with Gasteiger partial charge >= 0.3 is 0 Å². The van der Waals surface area contributed by atoms with Crippen LogP contribution in [0.5, 0.6) is 5.75 Å². The minimum Gasteiger partial charge on any atom is -0.497 e. The molecule has 2 aromatic carbocycles. The van der Waals surface area contributed by atoms with E-state index in [1.807, 2.05) is 24.3 Å². The quantitative estimate of drug-likeness (QED) is 0.651. The van der Waals surface area contributed by atoms with Crippen LogP contribution in [-0.4, -0.2) is 25.3 Å². The monoisotopic (exact) mass is 381 g/mol. The molecule has 0 aliphatic carbocycles. The molecule has 6 heteroatoms.